The molecule has 1 aliphatic heterocycles. The van der Waals surface area contributed by atoms with Gasteiger partial charge < -0.3 is 15.4 Å². The van der Waals surface area contributed by atoms with Crippen LogP contribution in [0.4, 0.5) is 5.69 Å². The van der Waals surface area contributed by atoms with Gasteiger partial charge in [0, 0.05) is 17.8 Å². The Bertz CT molecular complexity index is 606. The summed E-state index contributed by atoms with van der Waals surface area (Å²) < 4.78 is 27.6. The zero-order valence-corrected chi connectivity index (χ0v) is 12.0. The van der Waals surface area contributed by atoms with Gasteiger partial charge in [0.2, 0.25) is 0 Å². The van der Waals surface area contributed by atoms with Gasteiger partial charge in [-0.1, -0.05) is 0 Å². The third-order valence-corrected chi connectivity index (χ3v) is 4.22. The van der Waals surface area contributed by atoms with Gasteiger partial charge in [-0.3, -0.25) is 0 Å². The highest BCUT2D eigenvalue weighted by Gasteiger charge is 2.18. The molecule has 0 saturated carbocycles. The fourth-order valence-corrected chi connectivity index (χ4v) is 3.14. The molecule has 2 N–H and O–H groups in total. The number of ether oxygens (including phenoxy) is 1. The first-order chi connectivity index (χ1) is 8.98. The Morgan fingerprint density at radius 3 is 2.47 bits per heavy atom. The molecule has 0 spiro atoms. The number of rotatable bonds is 3. The molecule has 0 fully saturated rings. The van der Waals surface area contributed by atoms with Crippen LogP contribution in [-0.2, 0) is 9.84 Å². The van der Waals surface area contributed by atoms with Gasteiger partial charge in [-0.15, -0.1) is 0 Å². The van der Waals surface area contributed by atoms with Gasteiger partial charge in [-0.2, -0.15) is 0 Å². The van der Waals surface area contributed by atoms with Crippen LogP contribution in [0.2, 0.25) is 0 Å². The van der Waals surface area contributed by atoms with Crippen molar-refractivity contribution >= 4 is 32.9 Å². The molecule has 0 unspecified atom stereocenters. The molecule has 1 aromatic carbocycles. The lowest BCUT2D eigenvalue weighted by molar-refractivity contribution is 0.415. The molecule has 0 aliphatic carbocycles. The maximum atomic E-state index is 11.3. The minimum absolute atomic E-state index is 0.139. The summed E-state index contributed by atoms with van der Waals surface area (Å²) in [6.07, 6.45) is 0.465. The second-order valence-electron chi connectivity index (χ2n) is 4.07. The second-order valence-corrected chi connectivity index (χ2v) is 6.45. The van der Waals surface area contributed by atoms with Crippen molar-refractivity contribution in [2.75, 3.05) is 18.2 Å². The van der Waals surface area contributed by atoms with Crippen LogP contribution >= 0.6 is 12.2 Å². The number of methoxy groups -OCH3 is 1. The monoisotopic (exact) mass is 298 g/mol. The molecule has 1 aromatic rings. The van der Waals surface area contributed by atoms with Crippen molar-refractivity contribution in [2.45, 2.75) is 6.42 Å². The second kappa shape index (κ2) is 5.58. The summed E-state index contributed by atoms with van der Waals surface area (Å²) in [5.74, 6) is 0.898. The molecular formula is C12H14N2O3S2. The van der Waals surface area contributed by atoms with E-state index in [0.717, 1.165) is 11.4 Å². The van der Waals surface area contributed by atoms with Crippen molar-refractivity contribution in [2.24, 2.45) is 0 Å². The van der Waals surface area contributed by atoms with Crippen molar-refractivity contribution in [3.05, 3.63) is 35.4 Å². The Kier molecular flexibility index (Phi) is 4.06. The van der Waals surface area contributed by atoms with E-state index in [1.54, 1.807) is 7.11 Å². The first-order valence-corrected chi connectivity index (χ1v) is 7.76. The molecule has 0 bridgehead atoms. The quantitative estimate of drug-likeness (QED) is 0.827. The van der Waals surface area contributed by atoms with E-state index in [0.29, 0.717) is 17.2 Å². The van der Waals surface area contributed by atoms with Gasteiger partial charge in [0.05, 0.1) is 18.3 Å². The molecule has 0 atom stereocenters. The Morgan fingerprint density at radius 1 is 1.26 bits per heavy atom. The first kappa shape index (κ1) is 13.8. The van der Waals surface area contributed by atoms with E-state index in [9.17, 15) is 8.42 Å². The maximum Gasteiger partial charge on any atom is 0.175 e. The summed E-state index contributed by atoms with van der Waals surface area (Å²) in [6, 6.07) is 7.27. The predicted octanol–water partition coefficient (Wildman–Crippen LogP) is 1.64. The highest BCUT2D eigenvalue weighted by Crippen LogP contribution is 2.16. The molecule has 102 valence electrons. The van der Waals surface area contributed by atoms with E-state index in [2.05, 4.69) is 10.6 Å². The van der Waals surface area contributed by atoms with Crippen molar-refractivity contribution < 1.29 is 13.2 Å². The standard InChI is InChI=1S/C12H14N2O3S2/c1-17-11-4-2-9(3-5-11)13-12(18)14-10-6-7-19(15,16)8-10/h2-5,8H,6-7H2,1H3,(H2,13,14,18). The molecule has 1 aliphatic rings. The molecule has 0 amide bonds. The summed E-state index contributed by atoms with van der Waals surface area (Å²) in [4.78, 5) is 0. The fraction of sp³-hybridized carbons (Fsp3) is 0.250. The van der Waals surface area contributed by atoms with Crippen LogP contribution in [0.3, 0.4) is 0 Å². The summed E-state index contributed by atoms with van der Waals surface area (Å²) in [5.41, 5.74) is 1.42. The number of allylic oxidation sites excluding steroid dienone is 1. The first-order valence-electron chi connectivity index (χ1n) is 5.64. The van der Waals surface area contributed by atoms with Gasteiger partial charge in [0.1, 0.15) is 5.75 Å². The Hall–Kier alpha value is -1.60. The molecule has 0 aromatic heterocycles. The summed E-state index contributed by atoms with van der Waals surface area (Å²) in [5, 5.41) is 7.46. The molecule has 0 radical (unpaired) electrons. The van der Waals surface area contributed by atoms with Crippen molar-refractivity contribution in [3.8, 4) is 5.75 Å². The van der Waals surface area contributed by atoms with E-state index >= 15 is 0 Å². The van der Waals surface area contributed by atoms with E-state index < -0.39 is 9.84 Å². The van der Waals surface area contributed by atoms with E-state index in [1.165, 1.54) is 5.41 Å². The van der Waals surface area contributed by atoms with Crippen LogP contribution in [0.15, 0.2) is 35.4 Å². The molecule has 5 nitrogen and oxygen atoms in total. The fourth-order valence-electron chi connectivity index (χ4n) is 1.66. The lowest BCUT2D eigenvalue weighted by Gasteiger charge is -2.10. The normalized spacial score (nSPS) is 16.6. The molecule has 7 heteroatoms. The average Bonchev–Trinajstić information content (AvgIpc) is 2.69. The minimum Gasteiger partial charge on any atom is -0.497 e. The average molecular weight is 298 g/mol. The zero-order chi connectivity index (χ0) is 13.9. The molecule has 0 saturated heterocycles. The van der Waals surface area contributed by atoms with Crippen LogP contribution in [0.25, 0.3) is 0 Å². The Balaban J connectivity index is 1.94. The van der Waals surface area contributed by atoms with Crippen molar-refractivity contribution in [1.82, 2.24) is 5.32 Å². The van der Waals surface area contributed by atoms with Gasteiger partial charge in [-0.05, 0) is 36.5 Å². The van der Waals surface area contributed by atoms with Gasteiger partial charge in [-0.25, -0.2) is 8.42 Å². The molecule has 1 heterocycles. The van der Waals surface area contributed by atoms with Gasteiger partial charge in [0.15, 0.2) is 14.9 Å². The van der Waals surface area contributed by atoms with Crippen LogP contribution in [0.1, 0.15) is 6.42 Å². The highest BCUT2D eigenvalue weighted by atomic mass is 32.2. The van der Waals surface area contributed by atoms with Crippen molar-refractivity contribution in [3.63, 3.8) is 0 Å². The topological polar surface area (TPSA) is 67.4 Å². The maximum absolute atomic E-state index is 11.3. The van der Waals surface area contributed by atoms with Gasteiger partial charge >= 0.3 is 0 Å². The Labute approximate surface area is 117 Å². The number of hydrogen-bond donors (Lipinski definition) is 2. The lowest BCUT2D eigenvalue weighted by Crippen LogP contribution is -2.27. The lowest BCUT2D eigenvalue weighted by atomic mass is 10.3. The number of benzene rings is 1. The highest BCUT2D eigenvalue weighted by molar-refractivity contribution is 7.94. The number of sulfone groups is 1. The summed E-state index contributed by atoms with van der Waals surface area (Å²) >= 11 is 5.12. The molecular weight excluding hydrogens is 284 g/mol. The van der Waals surface area contributed by atoms with Crippen molar-refractivity contribution in [1.29, 1.82) is 0 Å². The molecule has 19 heavy (non-hydrogen) atoms. The zero-order valence-electron chi connectivity index (χ0n) is 10.3. The molecule has 2 rings (SSSR count). The van der Waals surface area contributed by atoms with Gasteiger partial charge in [0.25, 0.3) is 0 Å². The van der Waals surface area contributed by atoms with Crippen LogP contribution in [0, 0.1) is 0 Å². The van der Waals surface area contributed by atoms with Crippen LogP contribution < -0.4 is 15.4 Å². The van der Waals surface area contributed by atoms with E-state index in [-0.39, 0.29) is 5.75 Å². The summed E-state index contributed by atoms with van der Waals surface area (Å²) in [7, 11) is -1.45. The third-order valence-electron chi connectivity index (χ3n) is 2.60. The smallest absolute Gasteiger partial charge is 0.175 e. The number of thiocarbonyl (C=S) groups is 1. The number of nitrogens with one attached hydrogen (secondary N) is 2. The SMILES string of the molecule is COc1ccc(NC(=S)NC2=CS(=O)(=O)CC2)cc1. The number of anilines is 1. The minimum atomic E-state index is -3.05. The summed E-state index contributed by atoms with van der Waals surface area (Å²) in [6.45, 7) is 0. The predicted molar refractivity (Wildman–Crippen MR) is 78.8 cm³/mol. The number of hydrogen-bond acceptors (Lipinski definition) is 4. The van der Waals surface area contributed by atoms with Crippen LogP contribution in [-0.4, -0.2) is 26.4 Å². The Morgan fingerprint density at radius 2 is 1.95 bits per heavy atom. The van der Waals surface area contributed by atoms with Crippen LogP contribution in [0.5, 0.6) is 5.75 Å². The van der Waals surface area contributed by atoms with E-state index in [1.807, 2.05) is 24.3 Å². The van der Waals surface area contributed by atoms with E-state index in [4.69, 9.17) is 17.0 Å². The third kappa shape index (κ3) is 3.93. The largest absolute Gasteiger partial charge is 0.497 e.